The Morgan fingerprint density at radius 2 is 2.00 bits per heavy atom. The van der Waals surface area contributed by atoms with Gasteiger partial charge in [0.05, 0.1) is 18.6 Å². The monoisotopic (exact) mass is 391 g/mol. The number of carbonyl (C=O) groups is 2. The summed E-state index contributed by atoms with van der Waals surface area (Å²) in [7, 11) is 1.66. The van der Waals surface area contributed by atoms with E-state index in [0.717, 1.165) is 8.95 Å². The van der Waals surface area contributed by atoms with E-state index in [1.807, 2.05) is 6.07 Å². The first-order valence-corrected chi connectivity index (χ1v) is 7.40. The molecule has 0 N–H and O–H groups in total. The molecule has 0 saturated heterocycles. The summed E-state index contributed by atoms with van der Waals surface area (Å²) in [5.74, 6) is -0.437. The van der Waals surface area contributed by atoms with Gasteiger partial charge in [-0.1, -0.05) is 15.9 Å². The average molecular weight is 393 g/mol. The Bertz CT molecular complexity index is 477. The minimum atomic E-state index is -0.296. The van der Waals surface area contributed by atoms with Crippen LogP contribution in [0.2, 0.25) is 0 Å². The number of halogens is 2. The van der Waals surface area contributed by atoms with E-state index in [1.165, 1.54) is 4.90 Å². The zero-order valence-electron chi connectivity index (χ0n) is 10.8. The summed E-state index contributed by atoms with van der Waals surface area (Å²) in [6, 6.07) is 5.39. The Morgan fingerprint density at radius 1 is 1.32 bits per heavy atom. The van der Waals surface area contributed by atoms with Crippen molar-refractivity contribution in [2.75, 3.05) is 20.2 Å². The fourth-order valence-corrected chi connectivity index (χ4v) is 2.24. The van der Waals surface area contributed by atoms with E-state index in [2.05, 4.69) is 31.9 Å². The zero-order valence-corrected chi connectivity index (χ0v) is 14.0. The molecule has 0 unspecified atom stereocenters. The molecule has 0 aliphatic rings. The second-order valence-electron chi connectivity index (χ2n) is 3.91. The molecule has 0 atom stereocenters. The van der Waals surface area contributed by atoms with Crippen molar-refractivity contribution in [3.05, 3.63) is 32.7 Å². The molecule has 0 bridgehead atoms. The average Bonchev–Trinajstić information content (AvgIpc) is 2.38. The lowest BCUT2D eigenvalue weighted by atomic mass is 10.2. The number of hydrogen-bond donors (Lipinski definition) is 0. The second kappa shape index (κ2) is 7.65. The van der Waals surface area contributed by atoms with Crippen LogP contribution in [0.5, 0.6) is 0 Å². The lowest BCUT2D eigenvalue weighted by Gasteiger charge is -2.17. The topological polar surface area (TPSA) is 46.6 Å². The third-order valence-electron chi connectivity index (χ3n) is 2.46. The van der Waals surface area contributed by atoms with Crippen LogP contribution in [0.1, 0.15) is 23.7 Å². The van der Waals surface area contributed by atoms with E-state index in [9.17, 15) is 9.59 Å². The molecule has 0 spiro atoms. The Morgan fingerprint density at radius 3 is 2.63 bits per heavy atom. The number of esters is 1. The molecule has 1 aromatic carbocycles. The highest BCUT2D eigenvalue weighted by Crippen LogP contribution is 2.22. The van der Waals surface area contributed by atoms with Crippen LogP contribution in [0, 0.1) is 0 Å². The molecule has 0 aliphatic heterocycles. The zero-order chi connectivity index (χ0) is 14.4. The van der Waals surface area contributed by atoms with Crippen LogP contribution in [0.25, 0.3) is 0 Å². The predicted molar refractivity (Wildman–Crippen MR) is 80.1 cm³/mol. The number of amides is 1. The first-order valence-electron chi connectivity index (χ1n) is 5.81. The molecule has 0 fully saturated rings. The van der Waals surface area contributed by atoms with Crippen molar-refractivity contribution in [2.45, 2.75) is 13.3 Å². The first-order chi connectivity index (χ1) is 8.95. The lowest BCUT2D eigenvalue weighted by molar-refractivity contribution is -0.143. The standard InChI is InChI=1S/C13H15Br2NO3/c1-3-19-12(17)6-7-16(2)13(18)10-8-9(14)4-5-11(10)15/h4-5,8H,3,6-7H2,1-2H3. The molecule has 19 heavy (non-hydrogen) atoms. The van der Waals surface area contributed by atoms with E-state index in [4.69, 9.17) is 4.74 Å². The summed E-state index contributed by atoms with van der Waals surface area (Å²) in [6.45, 7) is 2.44. The molecule has 1 aromatic rings. The summed E-state index contributed by atoms with van der Waals surface area (Å²) >= 11 is 6.68. The maximum absolute atomic E-state index is 12.2. The van der Waals surface area contributed by atoms with Gasteiger partial charge in [0.1, 0.15) is 0 Å². The van der Waals surface area contributed by atoms with Gasteiger partial charge < -0.3 is 9.64 Å². The normalized spacial score (nSPS) is 10.1. The van der Waals surface area contributed by atoms with Crippen LogP contribution in [0.15, 0.2) is 27.1 Å². The summed E-state index contributed by atoms with van der Waals surface area (Å²) in [6.07, 6.45) is 0.196. The van der Waals surface area contributed by atoms with Crippen LogP contribution in [-0.2, 0) is 9.53 Å². The molecule has 0 heterocycles. The van der Waals surface area contributed by atoms with Gasteiger partial charge in [-0.15, -0.1) is 0 Å². The smallest absolute Gasteiger partial charge is 0.307 e. The van der Waals surface area contributed by atoms with E-state index in [0.29, 0.717) is 18.7 Å². The summed E-state index contributed by atoms with van der Waals surface area (Å²) < 4.78 is 6.38. The number of benzene rings is 1. The minimum absolute atomic E-state index is 0.141. The summed E-state index contributed by atoms with van der Waals surface area (Å²) in [5.41, 5.74) is 0.556. The van der Waals surface area contributed by atoms with Gasteiger partial charge in [-0.2, -0.15) is 0 Å². The number of nitrogens with zero attached hydrogens (tertiary/aromatic N) is 1. The highest BCUT2D eigenvalue weighted by Gasteiger charge is 2.16. The van der Waals surface area contributed by atoms with Gasteiger partial charge in [-0.25, -0.2) is 0 Å². The third kappa shape index (κ3) is 4.95. The fourth-order valence-electron chi connectivity index (χ4n) is 1.46. The molecule has 6 heteroatoms. The van der Waals surface area contributed by atoms with Crippen molar-refractivity contribution in [2.24, 2.45) is 0 Å². The van der Waals surface area contributed by atoms with Gasteiger partial charge in [-0.05, 0) is 41.1 Å². The van der Waals surface area contributed by atoms with Crippen LogP contribution in [0.3, 0.4) is 0 Å². The van der Waals surface area contributed by atoms with Crippen molar-refractivity contribution in [3.63, 3.8) is 0 Å². The number of hydrogen-bond acceptors (Lipinski definition) is 3. The van der Waals surface area contributed by atoms with Crippen molar-refractivity contribution < 1.29 is 14.3 Å². The van der Waals surface area contributed by atoms with E-state index in [1.54, 1.807) is 26.1 Å². The maximum Gasteiger partial charge on any atom is 0.307 e. The summed E-state index contributed by atoms with van der Waals surface area (Å²) in [5, 5.41) is 0. The molecule has 0 aromatic heterocycles. The summed E-state index contributed by atoms with van der Waals surface area (Å²) in [4.78, 5) is 25.0. The van der Waals surface area contributed by atoms with Gasteiger partial charge >= 0.3 is 5.97 Å². The molecular formula is C13H15Br2NO3. The molecule has 104 valence electrons. The maximum atomic E-state index is 12.2. The second-order valence-corrected chi connectivity index (χ2v) is 5.68. The van der Waals surface area contributed by atoms with Gasteiger partial charge in [0, 0.05) is 22.5 Å². The first kappa shape index (κ1) is 16.2. The van der Waals surface area contributed by atoms with Crippen molar-refractivity contribution in [1.29, 1.82) is 0 Å². The van der Waals surface area contributed by atoms with Crippen LogP contribution in [0.4, 0.5) is 0 Å². The van der Waals surface area contributed by atoms with E-state index < -0.39 is 0 Å². The molecule has 0 aliphatic carbocycles. The van der Waals surface area contributed by atoms with E-state index >= 15 is 0 Å². The Kier molecular flexibility index (Phi) is 6.51. The van der Waals surface area contributed by atoms with Crippen LogP contribution >= 0.6 is 31.9 Å². The largest absolute Gasteiger partial charge is 0.466 e. The van der Waals surface area contributed by atoms with Gasteiger partial charge in [0.2, 0.25) is 0 Å². The van der Waals surface area contributed by atoms with Gasteiger partial charge in [0.15, 0.2) is 0 Å². The number of rotatable bonds is 5. The van der Waals surface area contributed by atoms with Crippen molar-refractivity contribution in [1.82, 2.24) is 4.90 Å². The Labute approximate surface area is 129 Å². The third-order valence-corrected chi connectivity index (χ3v) is 3.65. The van der Waals surface area contributed by atoms with Crippen molar-refractivity contribution >= 4 is 43.7 Å². The molecule has 0 saturated carbocycles. The molecule has 1 amide bonds. The highest BCUT2D eigenvalue weighted by atomic mass is 79.9. The van der Waals surface area contributed by atoms with Gasteiger partial charge in [-0.3, -0.25) is 9.59 Å². The number of ether oxygens (including phenoxy) is 1. The number of carbonyl (C=O) groups excluding carboxylic acids is 2. The minimum Gasteiger partial charge on any atom is -0.466 e. The van der Waals surface area contributed by atoms with Gasteiger partial charge in [0.25, 0.3) is 5.91 Å². The van der Waals surface area contributed by atoms with Crippen molar-refractivity contribution in [3.8, 4) is 0 Å². The Balaban J connectivity index is 2.66. The SMILES string of the molecule is CCOC(=O)CCN(C)C(=O)c1cc(Br)ccc1Br. The molecule has 4 nitrogen and oxygen atoms in total. The molecule has 1 rings (SSSR count). The van der Waals surface area contributed by atoms with E-state index in [-0.39, 0.29) is 18.3 Å². The lowest BCUT2D eigenvalue weighted by Crippen LogP contribution is -2.29. The molecular weight excluding hydrogens is 378 g/mol. The highest BCUT2D eigenvalue weighted by molar-refractivity contribution is 9.11. The Hall–Kier alpha value is -0.880. The molecule has 0 radical (unpaired) electrons. The van der Waals surface area contributed by atoms with Crippen LogP contribution < -0.4 is 0 Å². The quantitative estimate of drug-likeness (QED) is 0.722. The predicted octanol–water partition coefficient (Wildman–Crippen LogP) is 3.24. The van der Waals surface area contributed by atoms with Crippen LogP contribution in [-0.4, -0.2) is 37.0 Å². The fraction of sp³-hybridized carbons (Fsp3) is 0.385.